The fourth-order valence-electron chi connectivity index (χ4n) is 1.97. The number of ether oxygens (including phenoxy) is 1. The van der Waals surface area contributed by atoms with Crippen LogP contribution in [0, 0.1) is 17.2 Å². The van der Waals surface area contributed by atoms with Gasteiger partial charge in [0, 0.05) is 16.8 Å². The van der Waals surface area contributed by atoms with E-state index in [2.05, 4.69) is 22.0 Å². The van der Waals surface area contributed by atoms with E-state index in [1.165, 1.54) is 0 Å². The first-order chi connectivity index (χ1) is 8.19. The number of halogens is 1. The van der Waals surface area contributed by atoms with E-state index >= 15 is 0 Å². The molecule has 0 aliphatic heterocycles. The van der Waals surface area contributed by atoms with E-state index in [1.807, 2.05) is 12.1 Å². The number of carbonyl (C=O) groups excluding carboxylic acids is 1. The Hall–Kier alpha value is -1.34. The third-order valence-electron chi connectivity index (χ3n) is 2.92. The zero-order valence-corrected chi connectivity index (χ0v) is 10.8. The van der Waals surface area contributed by atoms with Crippen LogP contribution in [-0.4, -0.2) is 12.1 Å². The summed E-state index contributed by atoms with van der Waals surface area (Å²) >= 11 is 3.31. The number of nitrogens with zero attached hydrogens (tertiary/aromatic N) is 1. The second-order valence-electron chi connectivity index (χ2n) is 4.17. The van der Waals surface area contributed by atoms with Gasteiger partial charge in [-0.2, -0.15) is 5.26 Å². The molecule has 0 unspecified atom stereocenters. The Labute approximate surface area is 109 Å². The molecule has 0 bridgehead atoms. The summed E-state index contributed by atoms with van der Waals surface area (Å²) in [7, 11) is 0. The predicted molar refractivity (Wildman–Crippen MR) is 66.3 cm³/mol. The van der Waals surface area contributed by atoms with Crippen molar-refractivity contribution in [3.05, 3.63) is 34.3 Å². The number of benzene rings is 1. The van der Waals surface area contributed by atoms with E-state index in [4.69, 9.17) is 10.00 Å². The molecule has 1 fully saturated rings. The molecule has 1 aliphatic rings. The van der Waals surface area contributed by atoms with Crippen molar-refractivity contribution in [2.24, 2.45) is 5.92 Å². The quantitative estimate of drug-likeness (QED) is 0.786. The summed E-state index contributed by atoms with van der Waals surface area (Å²) in [5.74, 6) is -0.265. The van der Waals surface area contributed by atoms with Crippen molar-refractivity contribution in [1.29, 1.82) is 5.26 Å². The summed E-state index contributed by atoms with van der Waals surface area (Å²) in [4.78, 5) is 11.8. The summed E-state index contributed by atoms with van der Waals surface area (Å²) in [5.41, 5.74) is 0.550. The lowest BCUT2D eigenvalue weighted by Gasteiger charge is -2.11. The summed E-state index contributed by atoms with van der Waals surface area (Å²) < 4.78 is 6.29. The van der Waals surface area contributed by atoms with Crippen molar-refractivity contribution in [3.63, 3.8) is 0 Å². The zero-order chi connectivity index (χ0) is 12.3. The van der Waals surface area contributed by atoms with E-state index in [0.29, 0.717) is 12.0 Å². The maximum atomic E-state index is 11.8. The highest BCUT2D eigenvalue weighted by molar-refractivity contribution is 9.10. The number of rotatable bonds is 2. The van der Waals surface area contributed by atoms with Gasteiger partial charge in [0.25, 0.3) is 0 Å². The van der Waals surface area contributed by atoms with Gasteiger partial charge in [-0.05, 0) is 37.1 Å². The van der Waals surface area contributed by atoms with Gasteiger partial charge in [-0.15, -0.1) is 0 Å². The van der Waals surface area contributed by atoms with Gasteiger partial charge < -0.3 is 4.74 Å². The molecule has 88 valence electrons. The van der Waals surface area contributed by atoms with Crippen molar-refractivity contribution < 1.29 is 9.53 Å². The van der Waals surface area contributed by atoms with Crippen LogP contribution in [0.4, 0.5) is 0 Å². The SMILES string of the molecule is N#C[C@@H]1CC[C@@H](OC(=O)c2ccc(Br)cc2)C1. The van der Waals surface area contributed by atoms with Crippen molar-refractivity contribution in [1.82, 2.24) is 0 Å². The standard InChI is InChI=1S/C13H12BrNO2/c14-11-4-2-10(3-5-11)13(16)17-12-6-1-9(7-12)8-15/h2-5,9,12H,1,6-7H2/t9-,12-/m1/s1. The van der Waals surface area contributed by atoms with Gasteiger partial charge in [0.15, 0.2) is 0 Å². The van der Waals surface area contributed by atoms with Gasteiger partial charge in [0.05, 0.1) is 11.6 Å². The van der Waals surface area contributed by atoms with E-state index in [1.54, 1.807) is 12.1 Å². The second kappa shape index (κ2) is 5.33. The Morgan fingerprint density at radius 2 is 2.06 bits per heavy atom. The number of esters is 1. The molecule has 2 rings (SSSR count). The minimum Gasteiger partial charge on any atom is -0.459 e. The fraction of sp³-hybridized carbons (Fsp3) is 0.385. The summed E-state index contributed by atoms with van der Waals surface area (Å²) in [5, 5.41) is 8.77. The smallest absolute Gasteiger partial charge is 0.338 e. The lowest BCUT2D eigenvalue weighted by Crippen LogP contribution is -2.15. The molecule has 0 heterocycles. The van der Waals surface area contributed by atoms with Crippen LogP contribution in [0.1, 0.15) is 29.6 Å². The van der Waals surface area contributed by atoms with E-state index in [0.717, 1.165) is 17.3 Å². The van der Waals surface area contributed by atoms with Crippen LogP contribution in [0.2, 0.25) is 0 Å². The van der Waals surface area contributed by atoms with Gasteiger partial charge in [-0.3, -0.25) is 0 Å². The topological polar surface area (TPSA) is 50.1 Å². The van der Waals surface area contributed by atoms with Gasteiger partial charge in [0.1, 0.15) is 6.10 Å². The second-order valence-corrected chi connectivity index (χ2v) is 5.09. The van der Waals surface area contributed by atoms with Gasteiger partial charge >= 0.3 is 5.97 Å². The molecule has 1 aliphatic carbocycles. The van der Waals surface area contributed by atoms with Gasteiger partial charge in [0.2, 0.25) is 0 Å². The van der Waals surface area contributed by atoms with Gasteiger partial charge in [-0.1, -0.05) is 15.9 Å². The number of nitriles is 1. The Morgan fingerprint density at radius 1 is 1.35 bits per heavy atom. The average Bonchev–Trinajstić information content (AvgIpc) is 2.77. The van der Waals surface area contributed by atoms with E-state index < -0.39 is 0 Å². The first-order valence-electron chi connectivity index (χ1n) is 5.55. The highest BCUT2D eigenvalue weighted by atomic mass is 79.9. The van der Waals surface area contributed by atoms with Crippen LogP contribution in [0.3, 0.4) is 0 Å². The van der Waals surface area contributed by atoms with Crippen molar-refractivity contribution in [2.75, 3.05) is 0 Å². The van der Waals surface area contributed by atoms with Crippen LogP contribution < -0.4 is 0 Å². The Bertz CT molecular complexity index is 449. The minimum absolute atomic E-state index is 0.0396. The molecule has 1 saturated carbocycles. The third-order valence-corrected chi connectivity index (χ3v) is 3.45. The molecule has 0 aromatic heterocycles. The Balaban J connectivity index is 1.94. The predicted octanol–water partition coefficient (Wildman–Crippen LogP) is 3.30. The van der Waals surface area contributed by atoms with Crippen LogP contribution in [-0.2, 0) is 4.74 Å². The molecule has 1 aromatic rings. The highest BCUT2D eigenvalue weighted by Gasteiger charge is 2.27. The molecule has 3 nitrogen and oxygen atoms in total. The zero-order valence-electron chi connectivity index (χ0n) is 9.23. The molecule has 2 atom stereocenters. The average molecular weight is 294 g/mol. The maximum absolute atomic E-state index is 11.8. The van der Waals surface area contributed by atoms with Crippen LogP contribution in [0.5, 0.6) is 0 Å². The molecular formula is C13H12BrNO2. The number of carbonyl (C=O) groups is 1. The lowest BCUT2D eigenvalue weighted by molar-refractivity contribution is 0.0313. The van der Waals surface area contributed by atoms with Crippen LogP contribution in [0.15, 0.2) is 28.7 Å². The lowest BCUT2D eigenvalue weighted by atomic mass is 10.1. The molecule has 0 N–H and O–H groups in total. The molecule has 1 aromatic carbocycles. The summed E-state index contributed by atoms with van der Waals surface area (Å²) in [6, 6.07) is 9.29. The molecule has 0 spiro atoms. The Morgan fingerprint density at radius 3 is 2.65 bits per heavy atom. The molecular weight excluding hydrogens is 282 g/mol. The number of hydrogen-bond donors (Lipinski definition) is 0. The first kappa shape index (κ1) is 12.1. The normalized spacial score (nSPS) is 23.1. The molecule has 17 heavy (non-hydrogen) atoms. The molecule has 0 radical (unpaired) electrons. The monoisotopic (exact) mass is 293 g/mol. The largest absolute Gasteiger partial charge is 0.459 e. The molecule has 0 amide bonds. The van der Waals surface area contributed by atoms with Crippen molar-refractivity contribution in [3.8, 4) is 6.07 Å². The molecule has 0 saturated heterocycles. The van der Waals surface area contributed by atoms with E-state index in [-0.39, 0.29) is 18.0 Å². The fourth-order valence-corrected chi connectivity index (χ4v) is 2.23. The Kier molecular flexibility index (Phi) is 3.80. The highest BCUT2D eigenvalue weighted by Crippen LogP contribution is 2.27. The van der Waals surface area contributed by atoms with E-state index in [9.17, 15) is 4.79 Å². The molecule has 4 heteroatoms. The maximum Gasteiger partial charge on any atom is 0.338 e. The third kappa shape index (κ3) is 3.07. The number of hydrogen-bond acceptors (Lipinski definition) is 3. The minimum atomic E-state index is -0.305. The van der Waals surface area contributed by atoms with Crippen molar-refractivity contribution in [2.45, 2.75) is 25.4 Å². The van der Waals surface area contributed by atoms with Crippen LogP contribution in [0.25, 0.3) is 0 Å². The van der Waals surface area contributed by atoms with Gasteiger partial charge in [-0.25, -0.2) is 4.79 Å². The summed E-state index contributed by atoms with van der Waals surface area (Å²) in [6.07, 6.45) is 2.18. The van der Waals surface area contributed by atoms with Crippen LogP contribution >= 0.6 is 15.9 Å². The first-order valence-corrected chi connectivity index (χ1v) is 6.34. The van der Waals surface area contributed by atoms with Crippen molar-refractivity contribution >= 4 is 21.9 Å². The summed E-state index contributed by atoms with van der Waals surface area (Å²) in [6.45, 7) is 0.